The van der Waals surface area contributed by atoms with Gasteiger partial charge in [-0.25, -0.2) is 19.3 Å². The van der Waals surface area contributed by atoms with Crippen LogP contribution in [0.4, 0.5) is 16.0 Å². The third-order valence-corrected chi connectivity index (χ3v) is 8.29. The molecule has 9 nitrogen and oxygen atoms in total. The molecule has 206 valence electrons. The number of aromatic nitrogens is 5. The molecular weight excluding hydrogens is 551 g/mol. The molecule has 12 heteroatoms. The Morgan fingerprint density at radius 2 is 2.08 bits per heavy atom. The largest absolute Gasteiger partial charge is 0.356 e. The van der Waals surface area contributed by atoms with Gasteiger partial charge < -0.3 is 19.7 Å². The number of thiazole rings is 1. The van der Waals surface area contributed by atoms with E-state index in [-0.39, 0.29) is 16.8 Å². The highest BCUT2D eigenvalue weighted by Gasteiger charge is 2.33. The van der Waals surface area contributed by atoms with Crippen LogP contribution in [0.5, 0.6) is 0 Å². The number of likely N-dealkylation sites (N-methyl/N-ethyl adjacent to an activating group) is 1. The Morgan fingerprint density at radius 3 is 2.80 bits per heavy atom. The van der Waals surface area contributed by atoms with Crippen molar-refractivity contribution in [2.75, 3.05) is 43.9 Å². The van der Waals surface area contributed by atoms with Gasteiger partial charge in [0.2, 0.25) is 0 Å². The molecule has 5 heterocycles. The first kappa shape index (κ1) is 26.5. The van der Waals surface area contributed by atoms with Crippen molar-refractivity contribution in [2.45, 2.75) is 25.3 Å². The third kappa shape index (κ3) is 5.24. The number of hydrogen-bond acceptors (Lipinski definition) is 8. The maximum absolute atomic E-state index is 13.8. The molecule has 4 aromatic rings. The second-order valence-electron chi connectivity index (χ2n) is 10.2. The van der Waals surface area contributed by atoms with Crippen molar-refractivity contribution in [1.29, 1.82) is 0 Å². The fourth-order valence-corrected chi connectivity index (χ4v) is 5.94. The first-order chi connectivity index (χ1) is 19.4. The lowest BCUT2D eigenvalue weighted by Gasteiger charge is -2.33. The van der Waals surface area contributed by atoms with Gasteiger partial charge in [0.25, 0.3) is 5.91 Å². The van der Waals surface area contributed by atoms with E-state index in [1.54, 1.807) is 23.8 Å². The summed E-state index contributed by atoms with van der Waals surface area (Å²) in [4.78, 5) is 36.2. The van der Waals surface area contributed by atoms with E-state index in [9.17, 15) is 9.18 Å². The fourth-order valence-electron chi connectivity index (χ4n) is 5.21. The Kier molecular flexibility index (Phi) is 7.35. The van der Waals surface area contributed by atoms with Crippen LogP contribution >= 0.6 is 22.9 Å². The van der Waals surface area contributed by atoms with Gasteiger partial charge in [0.05, 0.1) is 27.4 Å². The van der Waals surface area contributed by atoms with E-state index >= 15 is 0 Å². The number of hydrogen-bond donors (Lipinski definition) is 1. The molecule has 1 saturated heterocycles. The van der Waals surface area contributed by atoms with Gasteiger partial charge in [-0.1, -0.05) is 11.6 Å². The lowest BCUT2D eigenvalue weighted by atomic mass is 9.95. The van der Waals surface area contributed by atoms with Crippen LogP contribution in [-0.2, 0) is 11.3 Å². The molecule has 0 bridgehead atoms. The number of nitrogens with zero attached hydrogens (tertiary/aromatic N) is 7. The molecule has 0 unspecified atom stereocenters. The van der Waals surface area contributed by atoms with Crippen LogP contribution in [0.3, 0.4) is 0 Å². The van der Waals surface area contributed by atoms with Gasteiger partial charge in [0.15, 0.2) is 0 Å². The Bertz CT molecular complexity index is 1580. The number of anilines is 2. The quantitative estimate of drug-likeness (QED) is 0.308. The number of carbonyl (C=O) groups excluding carboxylic acids is 1. The van der Waals surface area contributed by atoms with E-state index < -0.39 is 5.82 Å². The summed E-state index contributed by atoms with van der Waals surface area (Å²) in [5.41, 5.74) is 4.61. The molecule has 0 radical (unpaired) electrons. The number of halogens is 2. The van der Waals surface area contributed by atoms with E-state index in [1.807, 2.05) is 26.4 Å². The Labute approximate surface area is 240 Å². The summed E-state index contributed by atoms with van der Waals surface area (Å²) in [5, 5.41) is 2.97. The van der Waals surface area contributed by atoms with E-state index in [0.717, 1.165) is 72.4 Å². The second kappa shape index (κ2) is 11.1. The Balaban J connectivity index is 1.26. The van der Waals surface area contributed by atoms with Crippen LogP contribution in [0.2, 0.25) is 5.02 Å². The molecule has 1 aromatic carbocycles. The Morgan fingerprint density at radius 1 is 1.25 bits per heavy atom. The monoisotopic (exact) mass is 578 g/mol. The zero-order chi connectivity index (χ0) is 27.8. The van der Waals surface area contributed by atoms with Crippen molar-refractivity contribution in [3.05, 3.63) is 69.5 Å². The van der Waals surface area contributed by atoms with Crippen molar-refractivity contribution < 1.29 is 9.18 Å². The minimum Gasteiger partial charge on any atom is -0.356 e. The number of fused-ring (bicyclic) bond motifs is 1. The Hall–Kier alpha value is -3.67. The smallest absolute Gasteiger partial charge is 0.257 e. The number of benzene rings is 1. The number of carbonyl (C=O) groups is 1. The number of imidazole rings is 1. The average Bonchev–Trinajstić information content (AvgIpc) is 3.69. The molecule has 1 fully saturated rings. The number of amides is 1. The molecule has 0 spiro atoms. The summed E-state index contributed by atoms with van der Waals surface area (Å²) in [6.45, 7) is 3.18. The highest BCUT2D eigenvalue weighted by molar-refractivity contribution is 7.10. The molecule has 0 aliphatic carbocycles. The molecule has 2 aliphatic rings. The summed E-state index contributed by atoms with van der Waals surface area (Å²) in [7, 11) is 4.10. The summed E-state index contributed by atoms with van der Waals surface area (Å²) >= 11 is 7.55. The first-order valence-electron chi connectivity index (χ1n) is 13.1. The zero-order valence-corrected chi connectivity index (χ0v) is 23.7. The predicted octanol–water partition coefficient (Wildman–Crippen LogP) is 5.03. The van der Waals surface area contributed by atoms with Crippen LogP contribution in [0.15, 0.2) is 42.4 Å². The van der Waals surface area contributed by atoms with Crippen molar-refractivity contribution in [1.82, 2.24) is 29.4 Å². The molecule has 2 aliphatic heterocycles. The maximum Gasteiger partial charge on any atom is 0.257 e. The predicted molar refractivity (Wildman–Crippen MR) is 156 cm³/mol. The van der Waals surface area contributed by atoms with Gasteiger partial charge >= 0.3 is 0 Å². The molecule has 1 amide bonds. The zero-order valence-electron chi connectivity index (χ0n) is 22.1. The number of nitrogens with one attached hydrogen (secondary N) is 1. The van der Waals surface area contributed by atoms with Crippen molar-refractivity contribution in [3.8, 4) is 11.3 Å². The first-order valence-corrected chi connectivity index (χ1v) is 14.3. The van der Waals surface area contributed by atoms with E-state index in [0.29, 0.717) is 11.4 Å². The standard InChI is InChI=1S/C28H28ClFN8OS/c1-36(2)9-10-38-14-23(18-3-4-22(30)21(29)11-18)34-26(38)17-5-7-37(8-6-17)27-24-20(12-19-13-31-16-40-19)28(39)35-25(24)32-15-33-27/h3-4,11-17H,5-10H2,1-2H3,(H,32,33,35,39)/b20-12-. The molecule has 1 N–H and O–H groups in total. The minimum atomic E-state index is -0.441. The van der Waals surface area contributed by atoms with Crippen molar-refractivity contribution in [2.24, 2.45) is 0 Å². The van der Waals surface area contributed by atoms with Crippen molar-refractivity contribution in [3.63, 3.8) is 0 Å². The summed E-state index contributed by atoms with van der Waals surface area (Å²) in [5.74, 6) is 1.93. The molecule has 3 aromatic heterocycles. The molecule has 6 rings (SSSR count). The highest BCUT2D eigenvalue weighted by atomic mass is 35.5. The van der Waals surface area contributed by atoms with E-state index in [4.69, 9.17) is 16.6 Å². The topological polar surface area (TPSA) is 92.1 Å². The van der Waals surface area contributed by atoms with Gasteiger partial charge in [-0.05, 0) is 51.2 Å². The molecule has 0 atom stereocenters. The number of piperidine rings is 1. The fraction of sp³-hybridized carbons (Fsp3) is 0.321. The van der Waals surface area contributed by atoms with E-state index in [1.165, 1.54) is 23.7 Å². The number of rotatable bonds is 7. The summed E-state index contributed by atoms with van der Waals surface area (Å²) < 4.78 is 16.0. The van der Waals surface area contributed by atoms with Gasteiger partial charge in [-0.3, -0.25) is 9.78 Å². The van der Waals surface area contributed by atoms with Crippen LogP contribution in [0.25, 0.3) is 22.9 Å². The molecule has 0 saturated carbocycles. The normalized spacial score (nSPS) is 16.7. The summed E-state index contributed by atoms with van der Waals surface area (Å²) in [6.07, 6.45) is 8.88. The lowest BCUT2D eigenvalue weighted by molar-refractivity contribution is -0.110. The third-order valence-electron chi connectivity index (χ3n) is 7.28. The van der Waals surface area contributed by atoms with Crippen LogP contribution in [0, 0.1) is 5.82 Å². The summed E-state index contributed by atoms with van der Waals surface area (Å²) in [6, 6.07) is 4.73. The van der Waals surface area contributed by atoms with Crippen LogP contribution < -0.4 is 10.2 Å². The van der Waals surface area contributed by atoms with Gasteiger partial charge in [-0.2, -0.15) is 0 Å². The molecular formula is C28H28ClFN8OS. The van der Waals surface area contributed by atoms with Crippen LogP contribution in [0.1, 0.15) is 35.0 Å². The SMILES string of the molecule is CN(C)CCn1cc(-c2ccc(F)c(Cl)c2)nc1C1CCN(c2ncnc3c2/C(=C/c2cncs2)C(=O)N3)CC1. The van der Waals surface area contributed by atoms with Gasteiger partial charge in [-0.15, -0.1) is 11.3 Å². The highest BCUT2D eigenvalue weighted by Crippen LogP contribution is 2.40. The molecule has 40 heavy (non-hydrogen) atoms. The van der Waals surface area contributed by atoms with Gasteiger partial charge in [0, 0.05) is 54.9 Å². The second-order valence-corrected chi connectivity index (χ2v) is 11.5. The van der Waals surface area contributed by atoms with Crippen LogP contribution in [-0.4, -0.2) is 69.0 Å². The minimum absolute atomic E-state index is 0.0873. The van der Waals surface area contributed by atoms with Gasteiger partial charge in [0.1, 0.15) is 29.6 Å². The van der Waals surface area contributed by atoms with Crippen molar-refractivity contribution >= 4 is 52.1 Å². The van der Waals surface area contributed by atoms with E-state index in [2.05, 4.69) is 34.6 Å². The maximum atomic E-state index is 13.8. The lowest BCUT2D eigenvalue weighted by Crippen LogP contribution is -2.35. The average molecular weight is 579 g/mol.